The average Bonchev–Trinajstić information content (AvgIpc) is 2.43. The maximum absolute atomic E-state index is 11.9. The van der Waals surface area contributed by atoms with Gasteiger partial charge in [-0.25, -0.2) is 0 Å². The van der Waals surface area contributed by atoms with Crippen LogP contribution in [0, 0.1) is 0 Å². The Kier molecular flexibility index (Phi) is 5.07. The van der Waals surface area contributed by atoms with E-state index in [0.29, 0.717) is 15.6 Å². The number of amides is 1. The molecule has 0 bridgehead atoms. The number of halogens is 2. The molecule has 0 aliphatic rings. The molecule has 0 aliphatic heterocycles. The van der Waals surface area contributed by atoms with E-state index in [4.69, 9.17) is 23.2 Å². The van der Waals surface area contributed by atoms with Crippen LogP contribution in [0.25, 0.3) is 0 Å². The van der Waals surface area contributed by atoms with Gasteiger partial charge in [-0.05, 0) is 35.9 Å². The van der Waals surface area contributed by atoms with E-state index in [9.17, 15) is 15.0 Å². The molecule has 4 nitrogen and oxygen atoms in total. The predicted octanol–water partition coefficient (Wildman–Crippen LogP) is 3.76. The van der Waals surface area contributed by atoms with Crippen molar-refractivity contribution in [3.8, 4) is 5.75 Å². The maximum Gasteiger partial charge on any atom is 0.227 e. The van der Waals surface area contributed by atoms with Gasteiger partial charge in [-0.3, -0.25) is 4.79 Å². The van der Waals surface area contributed by atoms with Crippen molar-refractivity contribution in [3.05, 3.63) is 58.1 Å². The van der Waals surface area contributed by atoms with Crippen LogP contribution in [-0.2, 0) is 4.79 Å². The molecule has 0 aliphatic carbocycles. The third-order valence-corrected chi connectivity index (χ3v) is 3.35. The smallest absolute Gasteiger partial charge is 0.227 e. The normalized spacial score (nSPS) is 12.0. The van der Waals surface area contributed by atoms with E-state index >= 15 is 0 Å². The first kappa shape index (κ1) is 15.6. The lowest BCUT2D eigenvalue weighted by Crippen LogP contribution is -2.15. The standard InChI is InChI=1S/C15H13Cl2NO3/c16-10-3-1-9(2-4-10)14(20)8-15(21)18-12-7-11(17)5-6-13(12)19/h1-7,14,19-20H,8H2,(H,18,21). The molecule has 0 spiro atoms. The lowest BCUT2D eigenvalue weighted by Gasteiger charge is -2.12. The Balaban J connectivity index is 2.01. The SMILES string of the molecule is O=C(CC(O)c1ccc(Cl)cc1)Nc1cc(Cl)ccc1O. The summed E-state index contributed by atoms with van der Waals surface area (Å²) >= 11 is 11.6. The van der Waals surface area contributed by atoms with Gasteiger partial charge >= 0.3 is 0 Å². The Morgan fingerprint density at radius 1 is 1.10 bits per heavy atom. The molecule has 0 saturated carbocycles. The van der Waals surface area contributed by atoms with Gasteiger partial charge < -0.3 is 15.5 Å². The zero-order valence-electron chi connectivity index (χ0n) is 10.9. The molecular weight excluding hydrogens is 313 g/mol. The van der Waals surface area contributed by atoms with E-state index in [1.54, 1.807) is 24.3 Å². The zero-order chi connectivity index (χ0) is 15.4. The van der Waals surface area contributed by atoms with Gasteiger partial charge in [0, 0.05) is 10.0 Å². The van der Waals surface area contributed by atoms with E-state index in [1.165, 1.54) is 18.2 Å². The van der Waals surface area contributed by atoms with Gasteiger partial charge in [0.15, 0.2) is 0 Å². The van der Waals surface area contributed by atoms with Crippen molar-refractivity contribution in [2.75, 3.05) is 5.32 Å². The lowest BCUT2D eigenvalue weighted by atomic mass is 10.1. The number of hydrogen-bond donors (Lipinski definition) is 3. The molecule has 110 valence electrons. The first-order chi connectivity index (χ1) is 9.95. The number of carbonyl (C=O) groups is 1. The number of aliphatic hydroxyl groups excluding tert-OH is 1. The molecule has 6 heteroatoms. The van der Waals surface area contributed by atoms with Gasteiger partial charge in [0.1, 0.15) is 5.75 Å². The van der Waals surface area contributed by atoms with E-state index in [-0.39, 0.29) is 17.9 Å². The number of benzene rings is 2. The van der Waals surface area contributed by atoms with Gasteiger partial charge in [0.2, 0.25) is 5.91 Å². The molecule has 1 amide bonds. The van der Waals surface area contributed by atoms with Crippen LogP contribution in [0.15, 0.2) is 42.5 Å². The van der Waals surface area contributed by atoms with E-state index in [0.717, 1.165) is 0 Å². The second-order valence-corrected chi connectivity index (χ2v) is 5.35. The van der Waals surface area contributed by atoms with E-state index in [2.05, 4.69) is 5.32 Å². The zero-order valence-corrected chi connectivity index (χ0v) is 12.4. The van der Waals surface area contributed by atoms with Crippen molar-refractivity contribution in [2.24, 2.45) is 0 Å². The summed E-state index contributed by atoms with van der Waals surface area (Å²) < 4.78 is 0. The first-order valence-corrected chi connectivity index (χ1v) is 6.93. The number of rotatable bonds is 4. The fourth-order valence-corrected chi connectivity index (χ4v) is 2.09. The molecule has 0 radical (unpaired) electrons. The van der Waals surface area contributed by atoms with Crippen LogP contribution in [0.5, 0.6) is 5.75 Å². The van der Waals surface area contributed by atoms with Crippen LogP contribution < -0.4 is 5.32 Å². The van der Waals surface area contributed by atoms with Crippen molar-refractivity contribution in [3.63, 3.8) is 0 Å². The fourth-order valence-electron chi connectivity index (χ4n) is 1.79. The molecule has 1 unspecified atom stereocenters. The number of carbonyl (C=O) groups excluding carboxylic acids is 1. The number of nitrogens with one attached hydrogen (secondary N) is 1. The van der Waals surface area contributed by atoms with Gasteiger partial charge in [0.05, 0.1) is 18.2 Å². The summed E-state index contributed by atoms with van der Waals surface area (Å²) in [7, 11) is 0. The number of aliphatic hydroxyl groups is 1. The minimum Gasteiger partial charge on any atom is -0.506 e. The summed E-state index contributed by atoms with van der Waals surface area (Å²) in [5.41, 5.74) is 0.792. The van der Waals surface area contributed by atoms with Gasteiger partial charge in [-0.1, -0.05) is 35.3 Å². The third-order valence-electron chi connectivity index (χ3n) is 2.87. The molecule has 2 rings (SSSR count). The quantitative estimate of drug-likeness (QED) is 0.749. The van der Waals surface area contributed by atoms with Crippen LogP contribution in [0.3, 0.4) is 0 Å². The molecule has 0 saturated heterocycles. The summed E-state index contributed by atoms with van der Waals surface area (Å²) in [6.07, 6.45) is -1.10. The molecule has 0 aromatic heterocycles. The van der Waals surface area contributed by atoms with Crippen LogP contribution >= 0.6 is 23.2 Å². The monoisotopic (exact) mass is 325 g/mol. The minimum atomic E-state index is -0.955. The number of phenols is 1. The van der Waals surface area contributed by atoms with Crippen molar-refractivity contribution in [1.82, 2.24) is 0 Å². The highest BCUT2D eigenvalue weighted by molar-refractivity contribution is 6.31. The van der Waals surface area contributed by atoms with E-state index < -0.39 is 12.0 Å². The molecule has 0 heterocycles. The minimum absolute atomic E-state index is 0.0891. The summed E-state index contributed by atoms with van der Waals surface area (Å²) in [4.78, 5) is 11.9. The molecule has 0 fully saturated rings. The Hall–Kier alpha value is -1.75. The van der Waals surface area contributed by atoms with Crippen LogP contribution in [0.1, 0.15) is 18.1 Å². The number of anilines is 1. The molecule has 1 atom stereocenters. The number of aromatic hydroxyl groups is 1. The Labute approximate surface area is 131 Å². The number of hydrogen-bond acceptors (Lipinski definition) is 3. The fraction of sp³-hybridized carbons (Fsp3) is 0.133. The summed E-state index contributed by atoms with van der Waals surface area (Å²) in [5, 5.41) is 23.1. The van der Waals surface area contributed by atoms with Crippen LogP contribution in [-0.4, -0.2) is 16.1 Å². The Morgan fingerprint density at radius 2 is 1.71 bits per heavy atom. The van der Waals surface area contributed by atoms with Crippen molar-refractivity contribution in [2.45, 2.75) is 12.5 Å². The van der Waals surface area contributed by atoms with Crippen LogP contribution in [0.2, 0.25) is 10.0 Å². The molecule has 3 N–H and O–H groups in total. The molecular formula is C15H13Cl2NO3. The topological polar surface area (TPSA) is 69.6 Å². The first-order valence-electron chi connectivity index (χ1n) is 6.17. The summed E-state index contributed by atoms with van der Waals surface area (Å²) in [6, 6.07) is 10.9. The van der Waals surface area contributed by atoms with E-state index in [1.807, 2.05) is 0 Å². The van der Waals surface area contributed by atoms with Crippen molar-refractivity contribution in [1.29, 1.82) is 0 Å². The highest BCUT2D eigenvalue weighted by Gasteiger charge is 2.14. The highest BCUT2D eigenvalue weighted by Crippen LogP contribution is 2.27. The van der Waals surface area contributed by atoms with Crippen LogP contribution in [0.4, 0.5) is 5.69 Å². The third kappa shape index (κ3) is 4.36. The largest absolute Gasteiger partial charge is 0.506 e. The maximum atomic E-state index is 11.9. The van der Waals surface area contributed by atoms with Gasteiger partial charge in [-0.2, -0.15) is 0 Å². The molecule has 2 aromatic carbocycles. The summed E-state index contributed by atoms with van der Waals surface area (Å²) in [5.74, 6) is -0.524. The number of phenolic OH excluding ortho intramolecular Hbond substituents is 1. The second-order valence-electron chi connectivity index (χ2n) is 4.48. The Bertz CT molecular complexity index is 644. The van der Waals surface area contributed by atoms with Crippen molar-refractivity contribution < 1.29 is 15.0 Å². The Morgan fingerprint density at radius 3 is 2.38 bits per heavy atom. The second kappa shape index (κ2) is 6.80. The average molecular weight is 326 g/mol. The summed E-state index contributed by atoms with van der Waals surface area (Å²) in [6.45, 7) is 0. The highest BCUT2D eigenvalue weighted by atomic mass is 35.5. The van der Waals surface area contributed by atoms with Gasteiger partial charge in [-0.15, -0.1) is 0 Å². The van der Waals surface area contributed by atoms with Crippen molar-refractivity contribution >= 4 is 34.8 Å². The lowest BCUT2D eigenvalue weighted by molar-refractivity contribution is -0.118. The predicted molar refractivity (Wildman–Crippen MR) is 82.8 cm³/mol. The molecule has 21 heavy (non-hydrogen) atoms. The molecule has 2 aromatic rings. The van der Waals surface area contributed by atoms with Gasteiger partial charge in [0.25, 0.3) is 0 Å².